The van der Waals surface area contributed by atoms with Crippen LogP contribution in [0.1, 0.15) is 25.8 Å². The lowest BCUT2D eigenvalue weighted by Crippen LogP contribution is -1.90. The highest BCUT2D eigenvalue weighted by atomic mass is 35.5. The van der Waals surface area contributed by atoms with Crippen LogP contribution < -0.4 is 0 Å². The fraction of sp³-hybridized carbons (Fsp3) is 0.250. The van der Waals surface area contributed by atoms with E-state index in [2.05, 4.69) is 23.8 Å². The molecule has 1 aromatic heterocycles. The zero-order valence-electron chi connectivity index (χ0n) is 12.1. The number of hydrogen-bond donors (Lipinski definition) is 1. The maximum atomic E-state index is 9.82. The van der Waals surface area contributed by atoms with Gasteiger partial charge in [-0.05, 0) is 30.7 Å². The Balaban J connectivity index is 0.000000497. The van der Waals surface area contributed by atoms with Crippen LogP contribution in [0.2, 0.25) is 10.0 Å². The zero-order valence-corrected chi connectivity index (χ0v) is 13.6. The van der Waals surface area contributed by atoms with Crippen LogP contribution in [0.4, 0.5) is 0 Å². The molecular formula is C16H16Cl2N2O. The molecule has 0 radical (unpaired) electrons. The Kier molecular flexibility index (Phi) is 4.86. The SMILES string of the molecule is CCC.Cc1ccc(O)c2nc3cc(Cl)c(Cl)cc3nc12. The summed E-state index contributed by atoms with van der Waals surface area (Å²) in [5, 5.41) is 10.7. The minimum absolute atomic E-state index is 0.107. The van der Waals surface area contributed by atoms with E-state index < -0.39 is 0 Å². The molecule has 0 aliphatic rings. The van der Waals surface area contributed by atoms with Crippen LogP contribution in [0.15, 0.2) is 24.3 Å². The van der Waals surface area contributed by atoms with Crippen molar-refractivity contribution in [1.82, 2.24) is 9.97 Å². The van der Waals surface area contributed by atoms with Crippen LogP contribution in [0, 0.1) is 6.92 Å². The standard InChI is InChI=1S/C13H8Cl2N2O.C3H8/c1-6-2-3-11(18)13-12(6)16-9-4-7(14)8(15)5-10(9)17-13;1-3-2/h2-5,18H,1H3;3H2,1-2H3. The Morgan fingerprint density at radius 2 is 1.43 bits per heavy atom. The van der Waals surface area contributed by atoms with Crippen molar-refractivity contribution in [2.45, 2.75) is 27.2 Å². The van der Waals surface area contributed by atoms with E-state index in [1.54, 1.807) is 24.3 Å². The Morgan fingerprint density at radius 3 is 1.95 bits per heavy atom. The van der Waals surface area contributed by atoms with Gasteiger partial charge in [0.05, 0.1) is 26.6 Å². The number of hydrogen-bond acceptors (Lipinski definition) is 3. The number of aromatic hydroxyl groups is 1. The summed E-state index contributed by atoms with van der Waals surface area (Å²) in [5.41, 5.74) is 3.36. The third kappa shape index (κ3) is 3.20. The van der Waals surface area contributed by atoms with Gasteiger partial charge in [-0.15, -0.1) is 0 Å². The first kappa shape index (κ1) is 15.8. The quantitative estimate of drug-likeness (QED) is 0.554. The number of rotatable bonds is 0. The molecule has 0 atom stereocenters. The van der Waals surface area contributed by atoms with Gasteiger partial charge in [-0.1, -0.05) is 49.5 Å². The number of halogens is 2. The highest BCUT2D eigenvalue weighted by Crippen LogP contribution is 2.30. The average Bonchev–Trinajstić information content (AvgIpc) is 2.44. The van der Waals surface area contributed by atoms with Crippen LogP contribution in [0.5, 0.6) is 5.75 Å². The summed E-state index contributed by atoms with van der Waals surface area (Å²) in [6.45, 7) is 6.17. The van der Waals surface area contributed by atoms with Crippen molar-refractivity contribution in [2.24, 2.45) is 0 Å². The van der Waals surface area contributed by atoms with Crippen LogP contribution in [-0.2, 0) is 0 Å². The molecule has 5 heteroatoms. The molecule has 1 N–H and O–H groups in total. The lowest BCUT2D eigenvalue weighted by molar-refractivity contribution is 0.480. The number of aryl methyl sites for hydroxylation is 1. The van der Waals surface area contributed by atoms with E-state index >= 15 is 0 Å². The number of nitrogens with zero attached hydrogens (tertiary/aromatic N) is 2. The second-order valence-corrected chi connectivity index (χ2v) is 5.60. The Hall–Kier alpha value is -1.58. The van der Waals surface area contributed by atoms with Crippen molar-refractivity contribution in [3.05, 3.63) is 39.9 Å². The Bertz CT molecular complexity index is 737. The van der Waals surface area contributed by atoms with E-state index in [0.717, 1.165) is 5.56 Å². The zero-order chi connectivity index (χ0) is 15.6. The predicted molar refractivity (Wildman–Crippen MR) is 89.4 cm³/mol. The Morgan fingerprint density at radius 1 is 0.952 bits per heavy atom. The molecule has 3 aromatic rings. The van der Waals surface area contributed by atoms with Crippen molar-refractivity contribution in [2.75, 3.05) is 0 Å². The monoisotopic (exact) mass is 322 g/mol. The molecule has 2 aromatic carbocycles. The smallest absolute Gasteiger partial charge is 0.143 e. The van der Waals surface area contributed by atoms with Gasteiger partial charge in [-0.3, -0.25) is 0 Å². The van der Waals surface area contributed by atoms with E-state index in [0.29, 0.717) is 32.1 Å². The molecular weight excluding hydrogens is 307 g/mol. The lowest BCUT2D eigenvalue weighted by atomic mass is 10.1. The second kappa shape index (κ2) is 6.46. The number of benzene rings is 2. The highest BCUT2D eigenvalue weighted by molar-refractivity contribution is 6.42. The summed E-state index contributed by atoms with van der Waals surface area (Å²) in [6, 6.07) is 6.73. The van der Waals surface area contributed by atoms with Gasteiger partial charge >= 0.3 is 0 Å². The van der Waals surface area contributed by atoms with Crippen molar-refractivity contribution >= 4 is 45.3 Å². The van der Waals surface area contributed by atoms with E-state index in [9.17, 15) is 5.11 Å². The first-order valence-electron chi connectivity index (χ1n) is 6.73. The van der Waals surface area contributed by atoms with Crippen LogP contribution in [0.3, 0.4) is 0 Å². The molecule has 0 aliphatic carbocycles. The minimum atomic E-state index is 0.107. The minimum Gasteiger partial charge on any atom is -0.506 e. The van der Waals surface area contributed by atoms with E-state index in [4.69, 9.17) is 23.2 Å². The van der Waals surface area contributed by atoms with Crippen LogP contribution in [0.25, 0.3) is 22.1 Å². The molecule has 21 heavy (non-hydrogen) atoms. The summed E-state index contributed by atoms with van der Waals surface area (Å²) in [6.07, 6.45) is 1.25. The van der Waals surface area contributed by atoms with E-state index in [-0.39, 0.29) is 5.75 Å². The number of aromatic nitrogens is 2. The molecule has 0 unspecified atom stereocenters. The maximum absolute atomic E-state index is 9.82. The first-order chi connectivity index (χ1) is 9.97. The van der Waals surface area contributed by atoms with Crippen molar-refractivity contribution in [3.8, 4) is 5.75 Å². The molecule has 0 spiro atoms. The summed E-state index contributed by atoms with van der Waals surface area (Å²) in [7, 11) is 0. The van der Waals surface area contributed by atoms with Crippen molar-refractivity contribution < 1.29 is 5.11 Å². The molecule has 0 bridgehead atoms. The van der Waals surface area contributed by atoms with Crippen LogP contribution in [-0.4, -0.2) is 15.1 Å². The van der Waals surface area contributed by atoms with Gasteiger partial charge in [0.2, 0.25) is 0 Å². The second-order valence-electron chi connectivity index (χ2n) is 4.78. The molecule has 0 saturated carbocycles. The molecule has 0 fully saturated rings. The van der Waals surface area contributed by atoms with E-state index in [1.807, 2.05) is 6.92 Å². The average molecular weight is 323 g/mol. The first-order valence-corrected chi connectivity index (χ1v) is 7.48. The van der Waals surface area contributed by atoms with Crippen molar-refractivity contribution in [3.63, 3.8) is 0 Å². The summed E-state index contributed by atoms with van der Waals surface area (Å²) < 4.78 is 0. The molecule has 3 nitrogen and oxygen atoms in total. The number of fused-ring (bicyclic) bond motifs is 2. The largest absolute Gasteiger partial charge is 0.506 e. The molecule has 0 saturated heterocycles. The predicted octanol–water partition coefficient (Wildman–Crippen LogP) is 5.52. The van der Waals surface area contributed by atoms with Gasteiger partial charge in [0.1, 0.15) is 11.3 Å². The third-order valence-electron chi connectivity index (χ3n) is 2.81. The number of phenols is 1. The molecule has 0 amide bonds. The topological polar surface area (TPSA) is 46.0 Å². The lowest BCUT2D eigenvalue weighted by Gasteiger charge is -2.06. The van der Waals surface area contributed by atoms with Gasteiger partial charge in [0, 0.05) is 0 Å². The van der Waals surface area contributed by atoms with Gasteiger partial charge in [0.25, 0.3) is 0 Å². The maximum Gasteiger partial charge on any atom is 0.143 e. The number of phenolic OH excluding ortho intramolecular Hbond substituents is 1. The summed E-state index contributed by atoms with van der Waals surface area (Å²) in [4.78, 5) is 8.86. The van der Waals surface area contributed by atoms with E-state index in [1.165, 1.54) is 6.42 Å². The normalized spacial score (nSPS) is 10.5. The molecule has 0 aliphatic heterocycles. The van der Waals surface area contributed by atoms with Gasteiger partial charge in [-0.25, -0.2) is 9.97 Å². The highest BCUT2D eigenvalue weighted by Gasteiger charge is 2.10. The van der Waals surface area contributed by atoms with Crippen LogP contribution >= 0.6 is 23.2 Å². The van der Waals surface area contributed by atoms with Gasteiger partial charge in [0.15, 0.2) is 0 Å². The summed E-state index contributed by atoms with van der Waals surface area (Å²) in [5.74, 6) is 0.107. The molecule has 110 valence electrons. The van der Waals surface area contributed by atoms with Gasteiger partial charge in [-0.2, -0.15) is 0 Å². The fourth-order valence-electron chi connectivity index (χ4n) is 1.87. The molecule has 3 rings (SSSR count). The molecule has 1 heterocycles. The van der Waals surface area contributed by atoms with Crippen molar-refractivity contribution in [1.29, 1.82) is 0 Å². The summed E-state index contributed by atoms with van der Waals surface area (Å²) >= 11 is 11.9. The Labute approximate surface area is 133 Å². The fourth-order valence-corrected chi connectivity index (χ4v) is 2.18. The third-order valence-corrected chi connectivity index (χ3v) is 3.54. The van der Waals surface area contributed by atoms with Gasteiger partial charge < -0.3 is 5.11 Å².